The van der Waals surface area contributed by atoms with Crippen molar-refractivity contribution in [2.45, 2.75) is 149 Å². The van der Waals surface area contributed by atoms with Crippen LogP contribution in [0.25, 0.3) is 0 Å². The number of methoxy groups -OCH3 is 3. The molecule has 132 heavy (non-hydrogen) atoms. The molecule has 8 aliphatic rings. The van der Waals surface area contributed by atoms with Crippen LogP contribution in [0.1, 0.15) is 149 Å². The molecule has 0 unspecified atom stereocenters. The molecule has 0 aromatic carbocycles. The molecule has 10 amide bonds. The van der Waals surface area contributed by atoms with E-state index < -0.39 is 29.5 Å². The third-order valence-electron chi connectivity index (χ3n) is 18.6. The van der Waals surface area contributed by atoms with Gasteiger partial charge in [0.2, 0.25) is 59.1 Å². The van der Waals surface area contributed by atoms with Gasteiger partial charge in [0.15, 0.2) is 15.8 Å². The molecule has 0 saturated carbocycles. The Hall–Kier alpha value is -7.93. The number of nitrogens with zero attached hydrogens (tertiary/aromatic N) is 15. The van der Waals surface area contributed by atoms with Gasteiger partial charge in [0.1, 0.15) is 19.7 Å². The van der Waals surface area contributed by atoms with Crippen LogP contribution in [0, 0.1) is 0 Å². The summed E-state index contributed by atoms with van der Waals surface area (Å²) in [7, 11) is 10.9. The van der Waals surface area contributed by atoms with Crippen molar-refractivity contribution in [2.75, 3.05) is 330 Å². The Morgan fingerprint density at radius 2 is 0.909 bits per heavy atom. The largest absolute Gasteiger partial charge is 0.383 e. The van der Waals surface area contributed by atoms with Crippen molar-refractivity contribution >= 4 is 112 Å². The number of nitrogens with one attached hydrogen (secondary N) is 4. The second kappa shape index (κ2) is 90.9. The summed E-state index contributed by atoms with van der Waals surface area (Å²) in [5.41, 5.74) is 16.6. The van der Waals surface area contributed by atoms with Crippen molar-refractivity contribution in [2.24, 2.45) is 37.2 Å². The number of amides is 10. The number of aliphatic imine (C=N–C) groups is 4. The Balaban J connectivity index is -0.000000208. The van der Waals surface area contributed by atoms with Gasteiger partial charge in [-0.3, -0.25) is 72.8 Å². The molecule has 0 atom stereocenters. The van der Waals surface area contributed by atoms with Crippen molar-refractivity contribution in [3.05, 3.63) is 0 Å². The van der Waals surface area contributed by atoms with Crippen molar-refractivity contribution < 1.29 is 96.9 Å². The second-order valence-electron chi connectivity index (χ2n) is 30.9. The maximum Gasteiger partial charge on any atom is 0.219 e. The van der Waals surface area contributed by atoms with Gasteiger partial charge in [-0.25, -0.2) is 25.3 Å². The van der Waals surface area contributed by atoms with Crippen LogP contribution in [-0.2, 0) is 101 Å². The van der Waals surface area contributed by atoms with E-state index in [2.05, 4.69) is 74.6 Å². The minimum Gasteiger partial charge on any atom is -0.383 e. The highest BCUT2D eigenvalue weighted by atomic mass is 32.2. The van der Waals surface area contributed by atoms with E-state index in [0.717, 1.165) is 156 Å². The topological polar surface area (TPSA) is 531 Å². The van der Waals surface area contributed by atoms with E-state index >= 15 is 0 Å². The van der Waals surface area contributed by atoms with Crippen LogP contribution in [0.5, 0.6) is 0 Å². The van der Waals surface area contributed by atoms with E-state index in [0.29, 0.717) is 72.3 Å². The molecule has 0 aromatic rings. The highest BCUT2D eigenvalue weighted by Crippen LogP contribution is 2.08. The Morgan fingerprint density at radius 3 is 1.19 bits per heavy atom. The van der Waals surface area contributed by atoms with Crippen LogP contribution in [-0.4, -0.2) is 491 Å². The van der Waals surface area contributed by atoms with Crippen LogP contribution in [0.3, 0.4) is 0 Å². The molecule has 6 saturated heterocycles. The standard InChI is InChI=1S/C7H14N2O.C7H16N2O.C7H13NO.C6H14N2O.C6H11NO3S.C6H13NO3S.C6H11NO2.2C6H13NO2.C5H10N2.C5H11NO3S.C5H11NO2.C5H9N.C4H8N2.C3H9N3.C2H6/c1-7(10)9-5-3-8(2)4-6-9;1-7(10)9(4)6-5-8(2)3;1-7(9)8-5-3-2-4-6-8;7-1-2-8-3-5-9-6-4-8;1-6(8)7-2-4-11(9,10)5-3-7;1-6(8)7(2)4-5-11(3,9)10;1-6(8)7-2-4-9-5-3-7;2*1-6(8)7(2)4-5-9-3;1-6-5-3-2-4-7-5;1-5(7)6-3-4-10(2,8)9;1-5(7)6-3-4-8-2;1-5-3-2-4-6-5;1-4-5-2-3-6-4;1-2-6-3(4)5;1-2/h3-6H2,1-2H3;5-6H2,1-4H3;2-6H2,1H3;1-7H2;2-5H2,1H3;4-5H2,1-3H3;2-5H2,1H3;2*4-5H2,1-3H3;2-4H2,1H3,(H,6,7);3-4H2,1-2H3,(H,6,7);3-4H2,1-2H3,(H,6,7);2-4H2,1H3;2-3H2,1H3,(H,5,6);2H2,1H3,(H4,4,5,6);1-2H3. The van der Waals surface area contributed by atoms with E-state index in [4.69, 9.17) is 36.1 Å². The average Bonchev–Trinajstić information content (AvgIpc) is 1.57. The summed E-state index contributed by atoms with van der Waals surface area (Å²) < 4.78 is 88.4. The van der Waals surface area contributed by atoms with E-state index in [-0.39, 0.29) is 101 Å². The summed E-state index contributed by atoms with van der Waals surface area (Å²) in [5.74, 6) is 3.17. The van der Waals surface area contributed by atoms with Crippen LogP contribution in [0.15, 0.2) is 20.0 Å². The number of carbonyl (C=O) groups is 10. The summed E-state index contributed by atoms with van der Waals surface area (Å²) in [4.78, 5) is 141. The van der Waals surface area contributed by atoms with Crippen LogP contribution < -0.4 is 38.5 Å². The van der Waals surface area contributed by atoms with E-state index in [9.17, 15) is 73.2 Å². The Morgan fingerprint density at radius 1 is 0.500 bits per heavy atom. The number of sulfone groups is 3. The van der Waals surface area contributed by atoms with Crippen molar-refractivity contribution in [3.8, 4) is 0 Å². The molecule has 0 aromatic heterocycles. The van der Waals surface area contributed by atoms with Gasteiger partial charge in [0.25, 0.3) is 0 Å². The van der Waals surface area contributed by atoms with Crippen molar-refractivity contribution in [1.29, 1.82) is 0 Å². The number of amidine groups is 2. The summed E-state index contributed by atoms with van der Waals surface area (Å²) >= 11 is 0. The number of carbonyl (C=O) groups excluding carboxylic acids is 10. The molecule has 46 heteroatoms. The van der Waals surface area contributed by atoms with Crippen molar-refractivity contribution in [3.63, 3.8) is 0 Å². The molecule has 0 spiro atoms. The van der Waals surface area contributed by atoms with E-state index in [1.807, 2.05) is 65.7 Å². The fourth-order valence-electron chi connectivity index (χ4n) is 9.87. The molecule has 6 fully saturated rings. The zero-order valence-electron chi connectivity index (χ0n) is 86.4. The minimum atomic E-state index is -2.95. The van der Waals surface area contributed by atoms with Gasteiger partial charge in [-0.15, -0.1) is 0 Å². The summed E-state index contributed by atoms with van der Waals surface area (Å²) in [6.07, 6.45) is 10.9. The van der Waals surface area contributed by atoms with Crippen LogP contribution in [0.2, 0.25) is 0 Å². The van der Waals surface area contributed by atoms with Gasteiger partial charge in [-0.1, -0.05) is 13.8 Å². The molecule has 0 radical (unpaired) electrons. The molecule has 0 bridgehead atoms. The first-order valence-electron chi connectivity index (χ1n) is 45.0. The van der Waals surface area contributed by atoms with Gasteiger partial charge >= 0.3 is 0 Å². The predicted molar refractivity (Wildman–Crippen MR) is 532 cm³/mol. The van der Waals surface area contributed by atoms with Gasteiger partial charge in [-0.05, 0) is 80.4 Å². The molecule has 8 rings (SSSR count). The number of hydrogen-bond donors (Lipinski definition) is 7. The highest BCUT2D eigenvalue weighted by Gasteiger charge is 2.23. The molecule has 10 N–H and O–H groups in total. The average molecular weight is 1960 g/mol. The van der Waals surface area contributed by atoms with E-state index in [1.54, 1.807) is 94.7 Å². The quantitative estimate of drug-likeness (QED) is 0.0446. The fraction of sp³-hybridized carbons (Fsp3) is 0.837. The first-order chi connectivity index (χ1) is 61.7. The number of piperazine rings is 1. The first kappa shape index (κ1) is 139. The molecule has 43 nitrogen and oxygen atoms in total. The lowest BCUT2D eigenvalue weighted by Gasteiger charge is -2.31. The number of likely N-dealkylation sites (N-methyl/N-ethyl adjacent to an activating group) is 5. The maximum atomic E-state index is 10.9. The number of likely N-dealkylation sites (tertiary alicyclic amines) is 1. The lowest BCUT2D eigenvalue weighted by molar-refractivity contribution is -0.133. The van der Waals surface area contributed by atoms with Gasteiger partial charge < -0.3 is 111 Å². The smallest absolute Gasteiger partial charge is 0.219 e. The number of rotatable bonds is 21. The predicted octanol–water partition coefficient (Wildman–Crippen LogP) is -0.148. The lowest BCUT2D eigenvalue weighted by atomic mass is 10.1. The first-order valence-corrected chi connectivity index (χ1v) is 50.9. The normalized spacial score (nSPS) is 15.7. The van der Waals surface area contributed by atoms with Crippen LogP contribution >= 0.6 is 0 Å². The van der Waals surface area contributed by atoms with Gasteiger partial charge in [-0.2, -0.15) is 0 Å². The van der Waals surface area contributed by atoms with Crippen LogP contribution in [0.4, 0.5) is 0 Å². The summed E-state index contributed by atoms with van der Waals surface area (Å²) in [6, 6.07) is 0. The number of morpholine rings is 2. The van der Waals surface area contributed by atoms with E-state index in [1.165, 1.54) is 96.5 Å². The summed E-state index contributed by atoms with van der Waals surface area (Å²) in [5, 5.41) is 11.2. The number of piperidine rings is 1. The zero-order valence-corrected chi connectivity index (χ0v) is 88.8. The SMILES string of the molecule is CC.CC(=O)N(C)CCN(C)C.CC(=O)N(C)CCS(C)(=O)=O.CC(=O)N1CCCCC1.CC(=O)N1CCN(C)CC1.CC(=O)N1CCOCC1.CC(=O)N1CCS(=O)(=O)CC1.CC(=O)NCCS(C)(=O)=O.CC1=NCCC1.CC1=NCCN1.CCN=C(N)N.CN=C1CCCN1.COCCN(C)C(C)=O.COCCN(C)C(C)=O.COCCNC(C)=O.NCCN1CCOCC1. The lowest BCUT2D eigenvalue weighted by Crippen LogP contribution is -2.46. The third kappa shape index (κ3) is 106. The highest BCUT2D eigenvalue weighted by molar-refractivity contribution is 7.91. The molecule has 780 valence electrons. The molecule has 8 aliphatic heterocycles. The van der Waals surface area contributed by atoms with Gasteiger partial charge in [0, 0.05) is 314 Å². The second-order valence-corrected chi connectivity index (χ2v) is 37.7. The Kier molecular flexibility index (Phi) is 96.0. The third-order valence-corrected chi connectivity index (χ3v) is 22.1. The monoisotopic (exact) mass is 1960 g/mol. The number of hydrogen-bond acceptors (Lipinski definition) is 30. The van der Waals surface area contributed by atoms with Gasteiger partial charge in [0.05, 0.1) is 87.5 Å². The summed E-state index contributed by atoms with van der Waals surface area (Å²) in [6.45, 7) is 51.0. The zero-order chi connectivity index (χ0) is 103. The number of ether oxygens (including phenoxy) is 5. The van der Waals surface area contributed by atoms with Crippen molar-refractivity contribution in [1.82, 2.24) is 75.2 Å². The molecule has 8 heterocycles. The number of guanidine groups is 1. The fourth-order valence-corrected chi connectivity index (χ4v) is 12.2. The Bertz CT molecular complexity index is 3390. The Labute approximate surface area is 795 Å². The number of nitrogens with two attached hydrogens (primary N) is 3. The molecular formula is C86H182N22O21S3. The molecule has 0 aliphatic carbocycles. The minimum absolute atomic E-state index is 0.00653. The molecular weight excluding hydrogens is 1770 g/mol. The maximum absolute atomic E-state index is 10.9.